The third-order valence-corrected chi connectivity index (χ3v) is 3.51. The Morgan fingerprint density at radius 3 is 2.17 bits per heavy atom. The highest BCUT2D eigenvalue weighted by molar-refractivity contribution is 6.20. The molecule has 0 heterocycles. The second-order valence-corrected chi connectivity index (χ2v) is 4.64. The first-order chi connectivity index (χ1) is 8.77. The van der Waals surface area contributed by atoms with E-state index < -0.39 is 0 Å². The zero-order valence-electron chi connectivity index (χ0n) is 10.3. The summed E-state index contributed by atoms with van der Waals surface area (Å²) >= 11 is 0. The van der Waals surface area contributed by atoms with E-state index >= 15 is 0 Å². The van der Waals surface area contributed by atoms with Crippen LogP contribution in [0.3, 0.4) is 0 Å². The van der Waals surface area contributed by atoms with Crippen molar-refractivity contribution in [3.05, 3.63) is 76.9 Å². The van der Waals surface area contributed by atoms with Gasteiger partial charge in [0.15, 0.2) is 5.78 Å². The molecular formula is C17H14O. The molecule has 1 aliphatic carbocycles. The number of hydrogen-bond acceptors (Lipinski definition) is 1. The number of carbonyl (C=O) groups is 1. The minimum absolute atomic E-state index is 0.177. The van der Waals surface area contributed by atoms with Crippen molar-refractivity contribution >= 4 is 11.4 Å². The Morgan fingerprint density at radius 2 is 1.44 bits per heavy atom. The van der Waals surface area contributed by atoms with E-state index in [0.29, 0.717) is 0 Å². The fourth-order valence-corrected chi connectivity index (χ4v) is 2.51. The maximum Gasteiger partial charge on any atom is 0.189 e. The van der Waals surface area contributed by atoms with Crippen molar-refractivity contribution in [2.24, 2.45) is 0 Å². The largest absolute Gasteiger partial charge is 0.289 e. The van der Waals surface area contributed by atoms with E-state index in [1.807, 2.05) is 49.4 Å². The van der Waals surface area contributed by atoms with Gasteiger partial charge < -0.3 is 0 Å². The van der Waals surface area contributed by atoms with Crippen LogP contribution in [0.5, 0.6) is 0 Å². The van der Waals surface area contributed by atoms with Crippen molar-refractivity contribution in [3.63, 3.8) is 0 Å². The topological polar surface area (TPSA) is 17.1 Å². The quantitative estimate of drug-likeness (QED) is 0.770. The van der Waals surface area contributed by atoms with Gasteiger partial charge in [-0.15, -0.1) is 0 Å². The van der Waals surface area contributed by atoms with Gasteiger partial charge in [0.05, 0.1) is 0 Å². The second kappa shape index (κ2) is 4.26. The second-order valence-electron chi connectivity index (χ2n) is 4.64. The zero-order chi connectivity index (χ0) is 12.5. The molecule has 1 aliphatic rings. The molecule has 1 heteroatoms. The van der Waals surface area contributed by atoms with Crippen LogP contribution in [0.25, 0.3) is 5.57 Å². The van der Waals surface area contributed by atoms with E-state index in [9.17, 15) is 4.79 Å². The van der Waals surface area contributed by atoms with Gasteiger partial charge in [-0.1, -0.05) is 54.6 Å². The van der Waals surface area contributed by atoms with Crippen LogP contribution in [0.4, 0.5) is 0 Å². The number of Topliss-reactive ketones (excluding diaryl/α,β-unsaturated/α-hetero) is 1. The molecule has 0 aliphatic heterocycles. The number of carbonyl (C=O) groups excluding carboxylic acids is 1. The lowest BCUT2D eigenvalue weighted by Gasteiger charge is -2.05. The summed E-state index contributed by atoms with van der Waals surface area (Å²) in [4.78, 5) is 12.1. The van der Waals surface area contributed by atoms with Crippen molar-refractivity contribution < 1.29 is 4.79 Å². The van der Waals surface area contributed by atoms with Crippen LogP contribution in [0.1, 0.15) is 28.4 Å². The van der Waals surface area contributed by atoms with Crippen molar-refractivity contribution in [1.82, 2.24) is 0 Å². The minimum Gasteiger partial charge on any atom is -0.289 e. The monoisotopic (exact) mass is 234 g/mol. The zero-order valence-corrected chi connectivity index (χ0v) is 10.3. The molecule has 0 bridgehead atoms. The van der Waals surface area contributed by atoms with Gasteiger partial charge in [0.25, 0.3) is 0 Å². The highest BCUT2D eigenvalue weighted by Gasteiger charge is 2.25. The van der Waals surface area contributed by atoms with Gasteiger partial charge >= 0.3 is 0 Å². The highest BCUT2D eigenvalue weighted by atomic mass is 16.1. The van der Waals surface area contributed by atoms with E-state index in [4.69, 9.17) is 0 Å². The van der Waals surface area contributed by atoms with Crippen molar-refractivity contribution in [3.8, 4) is 0 Å². The standard InChI is InChI=1S/C17H14O/c1-12-16(11-13-7-3-2-4-8-13)14-9-5-6-10-15(14)17(12)18/h2-10H,11H2,1H3. The normalized spacial score (nSPS) is 13.9. The lowest BCUT2D eigenvalue weighted by molar-refractivity contribution is 0.103. The Labute approximate surface area is 107 Å². The third-order valence-electron chi connectivity index (χ3n) is 3.51. The number of benzene rings is 2. The molecule has 18 heavy (non-hydrogen) atoms. The van der Waals surface area contributed by atoms with Gasteiger partial charge in [0.1, 0.15) is 0 Å². The molecule has 2 aromatic carbocycles. The predicted octanol–water partition coefficient (Wildman–Crippen LogP) is 3.90. The molecule has 0 unspecified atom stereocenters. The van der Waals surface area contributed by atoms with E-state index in [-0.39, 0.29) is 5.78 Å². The molecule has 0 saturated heterocycles. The molecule has 0 atom stereocenters. The number of rotatable bonds is 2. The molecule has 0 radical (unpaired) electrons. The SMILES string of the molecule is CC1=C(Cc2ccccc2)c2ccccc2C1=O. The van der Waals surface area contributed by atoms with E-state index in [1.165, 1.54) is 11.1 Å². The van der Waals surface area contributed by atoms with Gasteiger partial charge in [-0.05, 0) is 30.0 Å². The van der Waals surface area contributed by atoms with Crippen LogP contribution >= 0.6 is 0 Å². The van der Waals surface area contributed by atoms with Crippen molar-refractivity contribution in [2.45, 2.75) is 13.3 Å². The average molecular weight is 234 g/mol. The summed E-state index contributed by atoms with van der Waals surface area (Å²) in [5, 5.41) is 0. The maximum absolute atomic E-state index is 12.1. The number of hydrogen-bond donors (Lipinski definition) is 0. The molecule has 88 valence electrons. The van der Waals surface area contributed by atoms with Crippen LogP contribution in [0.15, 0.2) is 60.2 Å². The minimum atomic E-state index is 0.177. The lowest BCUT2D eigenvalue weighted by atomic mass is 9.98. The third kappa shape index (κ3) is 1.68. The summed E-state index contributed by atoms with van der Waals surface area (Å²) in [6, 6.07) is 18.2. The Balaban J connectivity index is 2.04. The van der Waals surface area contributed by atoms with Crippen LogP contribution in [0.2, 0.25) is 0 Å². The first-order valence-corrected chi connectivity index (χ1v) is 6.15. The first kappa shape index (κ1) is 11.0. The Kier molecular flexibility index (Phi) is 2.60. The highest BCUT2D eigenvalue weighted by Crippen LogP contribution is 2.34. The molecule has 0 spiro atoms. The fraction of sp³-hybridized carbons (Fsp3) is 0.118. The summed E-state index contributed by atoms with van der Waals surface area (Å²) in [6.07, 6.45) is 0.829. The summed E-state index contributed by atoms with van der Waals surface area (Å²) in [5.41, 5.74) is 5.25. The predicted molar refractivity (Wildman–Crippen MR) is 73.5 cm³/mol. The summed E-state index contributed by atoms with van der Waals surface area (Å²) in [6.45, 7) is 1.93. The van der Waals surface area contributed by atoms with Gasteiger partial charge in [-0.3, -0.25) is 4.79 Å². The molecular weight excluding hydrogens is 220 g/mol. The average Bonchev–Trinajstić information content (AvgIpc) is 2.66. The Bertz CT molecular complexity index is 636. The van der Waals surface area contributed by atoms with Crippen LogP contribution in [-0.4, -0.2) is 5.78 Å². The van der Waals surface area contributed by atoms with Crippen LogP contribution in [-0.2, 0) is 6.42 Å². The first-order valence-electron chi connectivity index (χ1n) is 6.15. The van der Waals surface area contributed by atoms with Crippen molar-refractivity contribution in [1.29, 1.82) is 0 Å². The fourth-order valence-electron chi connectivity index (χ4n) is 2.51. The van der Waals surface area contributed by atoms with Crippen LogP contribution in [0, 0.1) is 0 Å². The Hall–Kier alpha value is -2.15. The smallest absolute Gasteiger partial charge is 0.189 e. The molecule has 0 fully saturated rings. The number of fused-ring (bicyclic) bond motifs is 1. The number of ketones is 1. The number of allylic oxidation sites excluding steroid dienone is 2. The van der Waals surface area contributed by atoms with Gasteiger partial charge in [0.2, 0.25) is 0 Å². The van der Waals surface area contributed by atoms with E-state index in [2.05, 4.69) is 12.1 Å². The van der Waals surface area contributed by atoms with Gasteiger partial charge in [0, 0.05) is 11.1 Å². The van der Waals surface area contributed by atoms with Crippen molar-refractivity contribution in [2.75, 3.05) is 0 Å². The van der Waals surface area contributed by atoms with E-state index in [1.54, 1.807) is 0 Å². The molecule has 1 nitrogen and oxygen atoms in total. The Morgan fingerprint density at radius 1 is 0.833 bits per heavy atom. The van der Waals surface area contributed by atoms with E-state index in [0.717, 1.165) is 23.1 Å². The summed E-state index contributed by atoms with van der Waals surface area (Å²) in [7, 11) is 0. The molecule has 0 N–H and O–H groups in total. The maximum atomic E-state index is 12.1. The molecule has 0 aromatic heterocycles. The van der Waals surface area contributed by atoms with Crippen LogP contribution < -0.4 is 0 Å². The lowest BCUT2D eigenvalue weighted by Crippen LogP contribution is -1.94. The summed E-state index contributed by atoms with van der Waals surface area (Å²) in [5.74, 6) is 0.177. The molecule has 2 aromatic rings. The molecule has 3 rings (SSSR count). The summed E-state index contributed by atoms with van der Waals surface area (Å²) < 4.78 is 0. The molecule has 0 saturated carbocycles. The van der Waals surface area contributed by atoms with Gasteiger partial charge in [-0.2, -0.15) is 0 Å². The molecule has 0 amide bonds. The van der Waals surface area contributed by atoms with Gasteiger partial charge in [-0.25, -0.2) is 0 Å².